The number of fused-ring (bicyclic) bond motifs is 2. The molecule has 0 aromatic heterocycles. The summed E-state index contributed by atoms with van der Waals surface area (Å²) in [4.78, 5) is 2.79. The van der Waals surface area contributed by atoms with Crippen LogP contribution in [0.2, 0.25) is 0 Å². The van der Waals surface area contributed by atoms with E-state index in [4.69, 9.17) is 4.74 Å². The lowest BCUT2D eigenvalue weighted by atomic mass is 9.94. The predicted molar refractivity (Wildman–Crippen MR) is 75.9 cm³/mol. The summed E-state index contributed by atoms with van der Waals surface area (Å²) in [6, 6.07) is 3.01. The lowest BCUT2D eigenvalue weighted by Crippen LogP contribution is -2.54. The summed E-state index contributed by atoms with van der Waals surface area (Å²) >= 11 is 0. The summed E-state index contributed by atoms with van der Waals surface area (Å²) in [5, 5.41) is 3.72. The highest BCUT2D eigenvalue weighted by Gasteiger charge is 2.43. The van der Waals surface area contributed by atoms with Crippen molar-refractivity contribution in [1.82, 2.24) is 10.2 Å². The maximum absolute atomic E-state index is 5.41. The van der Waals surface area contributed by atoms with Crippen LogP contribution in [0.15, 0.2) is 0 Å². The molecule has 18 heavy (non-hydrogen) atoms. The number of nitrogens with one attached hydrogen (secondary N) is 1. The summed E-state index contributed by atoms with van der Waals surface area (Å²) in [5.74, 6) is 0. The second-order valence-corrected chi connectivity index (χ2v) is 5.97. The first-order valence-corrected chi connectivity index (χ1v) is 7.79. The molecule has 3 unspecified atom stereocenters. The summed E-state index contributed by atoms with van der Waals surface area (Å²) in [6.07, 6.45) is 7.95. The zero-order valence-corrected chi connectivity index (χ0v) is 12.3. The second kappa shape index (κ2) is 6.88. The van der Waals surface area contributed by atoms with Crippen LogP contribution in [0.4, 0.5) is 0 Å². The normalized spacial score (nSPS) is 33.8. The average molecular weight is 254 g/mol. The maximum Gasteiger partial charge on any atom is 0.0618 e. The predicted octanol–water partition coefficient (Wildman–Crippen LogP) is 2.41. The highest BCUT2D eigenvalue weighted by molar-refractivity contribution is 4.99. The van der Waals surface area contributed by atoms with Crippen LogP contribution < -0.4 is 5.32 Å². The van der Waals surface area contributed by atoms with E-state index >= 15 is 0 Å². The number of hydrogen-bond donors (Lipinski definition) is 1. The van der Waals surface area contributed by atoms with E-state index in [1.54, 1.807) is 0 Å². The lowest BCUT2D eigenvalue weighted by Gasteiger charge is -2.43. The van der Waals surface area contributed by atoms with Crippen LogP contribution in [0.5, 0.6) is 0 Å². The molecule has 0 spiro atoms. The Morgan fingerprint density at radius 1 is 1.22 bits per heavy atom. The van der Waals surface area contributed by atoms with Gasteiger partial charge in [0.05, 0.1) is 6.61 Å². The molecule has 0 aromatic rings. The van der Waals surface area contributed by atoms with Crippen LogP contribution in [-0.2, 0) is 4.74 Å². The Bertz CT molecular complexity index is 233. The molecule has 2 aliphatic heterocycles. The standard InChI is InChI=1S/C15H30N2O/c1-4-8-16-12-9-14-6-7-15(10-12)17(14)13(5-2)11-18-3/h12-16H,4-11H2,1-3H3. The third-order valence-corrected chi connectivity index (χ3v) is 4.72. The van der Waals surface area contributed by atoms with Crippen molar-refractivity contribution in [3.05, 3.63) is 0 Å². The molecule has 0 aliphatic carbocycles. The Morgan fingerprint density at radius 2 is 1.89 bits per heavy atom. The number of nitrogens with zero attached hydrogens (tertiary/aromatic N) is 1. The zero-order chi connectivity index (χ0) is 13.0. The molecule has 1 N–H and O–H groups in total. The Labute approximate surface area is 112 Å². The van der Waals surface area contributed by atoms with Gasteiger partial charge in [0, 0.05) is 31.3 Å². The van der Waals surface area contributed by atoms with E-state index in [-0.39, 0.29) is 0 Å². The van der Waals surface area contributed by atoms with E-state index in [0.29, 0.717) is 6.04 Å². The molecule has 2 aliphatic rings. The molecular formula is C15H30N2O. The Morgan fingerprint density at radius 3 is 2.39 bits per heavy atom. The van der Waals surface area contributed by atoms with Gasteiger partial charge in [0.15, 0.2) is 0 Å². The third-order valence-electron chi connectivity index (χ3n) is 4.72. The summed E-state index contributed by atoms with van der Waals surface area (Å²) in [5.41, 5.74) is 0. The summed E-state index contributed by atoms with van der Waals surface area (Å²) < 4.78 is 5.41. The SMILES string of the molecule is CCCNC1CC2CCC(C1)N2C(CC)COC. The highest BCUT2D eigenvalue weighted by Crippen LogP contribution is 2.37. The Balaban J connectivity index is 1.92. The molecular weight excluding hydrogens is 224 g/mol. The topological polar surface area (TPSA) is 24.5 Å². The Kier molecular flexibility index (Phi) is 5.46. The number of rotatable bonds is 7. The molecule has 0 amide bonds. The third kappa shape index (κ3) is 3.06. The Hall–Kier alpha value is -0.120. The van der Waals surface area contributed by atoms with Gasteiger partial charge in [-0.2, -0.15) is 0 Å². The van der Waals surface area contributed by atoms with Gasteiger partial charge in [0.2, 0.25) is 0 Å². The fourth-order valence-electron chi connectivity index (χ4n) is 3.93. The van der Waals surface area contributed by atoms with Crippen molar-refractivity contribution in [2.75, 3.05) is 20.3 Å². The van der Waals surface area contributed by atoms with E-state index in [1.165, 1.54) is 45.1 Å². The summed E-state index contributed by atoms with van der Waals surface area (Å²) in [6.45, 7) is 6.63. The fourth-order valence-corrected chi connectivity index (χ4v) is 3.93. The van der Waals surface area contributed by atoms with Crippen molar-refractivity contribution in [3.63, 3.8) is 0 Å². The summed E-state index contributed by atoms with van der Waals surface area (Å²) in [7, 11) is 1.83. The molecule has 2 rings (SSSR count). The van der Waals surface area contributed by atoms with Crippen molar-refractivity contribution < 1.29 is 4.74 Å². The van der Waals surface area contributed by atoms with E-state index in [1.807, 2.05) is 7.11 Å². The molecule has 0 radical (unpaired) electrons. The molecule has 2 heterocycles. The van der Waals surface area contributed by atoms with Crippen LogP contribution in [0.25, 0.3) is 0 Å². The number of hydrogen-bond acceptors (Lipinski definition) is 3. The van der Waals surface area contributed by atoms with Gasteiger partial charge in [-0.25, -0.2) is 0 Å². The smallest absolute Gasteiger partial charge is 0.0618 e. The lowest BCUT2D eigenvalue weighted by molar-refractivity contribution is 0.0236. The molecule has 2 saturated heterocycles. The van der Waals surface area contributed by atoms with Crippen LogP contribution in [0, 0.1) is 0 Å². The van der Waals surface area contributed by atoms with Gasteiger partial charge in [0.25, 0.3) is 0 Å². The minimum absolute atomic E-state index is 0.639. The van der Waals surface area contributed by atoms with Crippen LogP contribution >= 0.6 is 0 Å². The van der Waals surface area contributed by atoms with Crippen LogP contribution in [-0.4, -0.2) is 49.3 Å². The van der Waals surface area contributed by atoms with Gasteiger partial charge in [-0.05, 0) is 45.1 Å². The first kappa shape index (κ1) is 14.3. The second-order valence-electron chi connectivity index (χ2n) is 5.97. The van der Waals surface area contributed by atoms with Crippen molar-refractivity contribution in [2.24, 2.45) is 0 Å². The highest BCUT2D eigenvalue weighted by atomic mass is 16.5. The van der Waals surface area contributed by atoms with Gasteiger partial charge in [0.1, 0.15) is 0 Å². The van der Waals surface area contributed by atoms with Gasteiger partial charge < -0.3 is 10.1 Å². The zero-order valence-electron chi connectivity index (χ0n) is 12.3. The molecule has 106 valence electrons. The van der Waals surface area contributed by atoms with Crippen LogP contribution in [0.1, 0.15) is 52.4 Å². The van der Waals surface area contributed by atoms with Crippen molar-refractivity contribution >= 4 is 0 Å². The molecule has 2 bridgehead atoms. The minimum Gasteiger partial charge on any atom is -0.383 e. The molecule has 2 fully saturated rings. The largest absolute Gasteiger partial charge is 0.383 e. The van der Waals surface area contributed by atoms with E-state index in [2.05, 4.69) is 24.1 Å². The molecule has 0 aromatic carbocycles. The quantitative estimate of drug-likeness (QED) is 0.755. The number of piperidine rings is 1. The molecule has 0 saturated carbocycles. The van der Waals surface area contributed by atoms with Crippen LogP contribution in [0.3, 0.4) is 0 Å². The first-order valence-electron chi connectivity index (χ1n) is 7.79. The molecule has 3 heteroatoms. The van der Waals surface area contributed by atoms with E-state index in [0.717, 1.165) is 24.7 Å². The maximum atomic E-state index is 5.41. The van der Waals surface area contributed by atoms with E-state index in [9.17, 15) is 0 Å². The minimum atomic E-state index is 0.639. The fraction of sp³-hybridized carbons (Fsp3) is 1.00. The first-order chi connectivity index (χ1) is 8.80. The van der Waals surface area contributed by atoms with Crippen molar-refractivity contribution in [3.8, 4) is 0 Å². The van der Waals surface area contributed by atoms with Gasteiger partial charge >= 0.3 is 0 Å². The van der Waals surface area contributed by atoms with Gasteiger partial charge in [-0.1, -0.05) is 13.8 Å². The van der Waals surface area contributed by atoms with Gasteiger partial charge in [-0.15, -0.1) is 0 Å². The van der Waals surface area contributed by atoms with E-state index < -0.39 is 0 Å². The van der Waals surface area contributed by atoms with Gasteiger partial charge in [-0.3, -0.25) is 4.90 Å². The average Bonchev–Trinajstić information content (AvgIpc) is 2.64. The molecule has 3 atom stereocenters. The van der Waals surface area contributed by atoms with Crippen molar-refractivity contribution in [1.29, 1.82) is 0 Å². The number of methoxy groups -OCH3 is 1. The van der Waals surface area contributed by atoms with Crippen molar-refractivity contribution in [2.45, 2.75) is 76.5 Å². The monoisotopic (exact) mass is 254 g/mol. The number of ether oxygens (including phenoxy) is 1. The molecule has 3 nitrogen and oxygen atoms in total.